The van der Waals surface area contributed by atoms with Crippen LogP contribution in [0.5, 0.6) is 0 Å². The molecule has 7 nitrogen and oxygen atoms in total. The number of carboxylic acids is 1. The lowest BCUT2D eigenvalue weighted by molar-refractivity contribution is -0.114. The molecule has 0 aliphatic heterocycles. The van der Waals surface area contributed by atoms with E-state index >= 15 is 0 Å². The van der Waals surface area contributed by atoms with Crippen LogP contribution in [0.2, 0.25) is 0 Å². The molecule has 108 valence electrons. The third kappa shape index (κ3) is 3.69. The maximum Gasteiger partial charge on any atom is 0.338 e. The van der Waals surface area contributed by atoms with E-state index in [0.29, 0.717) is 11.4 Å². The number of carboxylic acid groups (broad SMARTS) is 1. The van der Waals surface area contributed by atoms with Crippen LogP contribution in [0.4, 0.5) is 11.4 Å². The van der Waals surface area contributed by atoms with Gasteiger partial charge in [0.2, 0.25) is 5.91 Å². The molecule has 0 aliphatic rings. The number of hydrogen-bond acceptors (Lipinski definition) is 4. The van der Waals surface area contributed by atoms with Gasteiger partial charge in [-0.05, 0) is 24.3 Å². The molecule has 0 radical (unpaired) electrons. The van der Waals surface area contributed by atoms with Crippen molar-refractivity contribution in [1.82, 2.24) is 0 Å². The first-order chi connectivity index (χ1) is 9.95. The first-order valence-corrected chi connectivity index (χ1v) is 5.96. The summed E-state index contributed by atoms with van der Waals surface area (Å²) in [5.41, 5.74) is 0.996. The van der Waals surface area contributed by atoms with Gasteiger partial charge in [-0.1, -0.05) is 0 Å². The highest BCUT2D eigenvalue weighted by Crippen LogP contribution is 2.15. The molecule has 0 spiro atoms. The Morgan fingerprint density at radius 2 is 1.62 bits per heavy atom. The third-order valence-corrected chi connectivity index (χ3v) is 2.53. The smallest absolute Gasteiger partial charge is 0.338 e. The summed E-state index contributed by atoms with van der Waals surface area (Å²) in [6.07, 6.45) is 0.997. The van der Waals surface area contributed by atoms with Crippen molar-refractivity contribution in [3.05, 3.63) is 47.9 Å². The molecular weight excluding hydrogens is 276 g/mol. The summed E-state index contributed by atoms with van der Waals surface area (Å²) in [7, 11) is 0. The highest BCUT2D eigenvalue weighted by atomic mass is 16.4. The van der Waals surface area contributed by atoms with Gasteiger partial charge in [-0.15, -0.1) is 0 Å². The predicted octanol–water partition coefficient (Wildman–Crippen LogP) is 2.19. The molecule has 0 atom stereocenters. The Bertz CT molecular complexity index is 688. The Labute approximate surface area is 119 Å². The fraction of sp³-hybridized carbons (Fsp3) is 0.0714. The largest absolute Gasteiger partial charge is 0.478 e. The summed E-state index contributed by atoms with van der Waals surface area (Å²) in [6.45, 7) is 1.40. The number of hydrogen-bond donors (Lipinski definition) is 3. The summed E-state index contributed by atoms with van der Waals surface area (Å²) in [6, 6.07) is 7.60. The average molecular weight is 288 g/mol. The number of furan rings is 1. The van der Waals surface area contributed by atoms with Gasteiger partial charge in [-0.2, -0.15) is 0 Å². The van der Waals surface area contributed by atoms with Gasteiger partial charge in [0.1, 0.15) is 6.26 Å². The van der Waals surface area contributed by atoms with Crippen molar-refractivity contribution >= 4 is 29.2 Å². The zero-order valence-electron chi connectivity index (χ0n) is 11.0. The van der Waals surface area contributed by atoms with E-state index < -0.39 is 11.9 Å². The number of rotatable bonds is 4. The second-order valence-corrected chi connectivity index (χ2v) is 4.22. The predicted molar refractivity (Wildman–Crippen MR) is 74.4 cm³/mol. The normalized spacial score (nSPS) is 9.95. The molecule has 3 N–H and O–H groups in total. The first-order valence-electron chi connectivity index (χ1n) is 5.96. The maximum absolute atomic E-state index is 11.8. The summed E-state index contributed by atoms with van der Waals surface area (Å²) < 4.78 is 4.89. The number of anilines is 2. The van der Waals surface area contributed by atoms with Crippen LogP contribution in [0.25, 0.3) is 0 Å². The van der Waals surface area contributed by atoms with Crippen LogP contribution in [0, 0.1) is 0 Å². The molecule has 2 rings (SSSR count). The van der Waals surface area contributed by atoms with E-state index in [2.05, 4.69) is 10.6 Å². The average Bonchev–Trinajstić information content (AvgIpc) is 2.90. The lowest BCUT2D eigenvalue weighted by Gasteiger charge is -2.05. The van der Waals surface area contributed by atoms with Gasteiger partial charge < -0.3 is 20.2 Å². The van der Waals surface area contributed by atoms with Crippen LogP contribution < -0.4 is 10.6 Å². The number of aromatic carboxylic acids is 1. The van der Waals surface area contributed by atoms with E-state index in [4.69, 9.17) is 9.52 Å². The molecule has 0 bridgehead atoms. The zero-order valence-corrected chi connectivity index (χ0v) is 11.0. The first kappa shape index (κ1) is 14.3. The lowest BCUT2D eigenvalue weighted by atomic mass is 10.2. The Kier molecular flexibility index (Phi) is 4.03. The molecule has 1 heterocycles. The van der Waals surface area contributed by atoms with Gasteiger partial charge in [0.05, 0.1) is 5.56 Å². The molecule has 21 heavy (non-hydrogen) atoms. The topological polar surface area (TPSA) is 109 Å². The lowest BCUT2D eigenvalue weighted by Crippen LogP contribution is -2.11. The molecule has 0 aliphatic carbocycles. The zero-order chi connectivity index (χ0) is 15.4. The van der Waals surface area contributed by atoms with E-state index in [0.717, 1.165) is 12.3 Å². The van der Waals surface area contributed by atoms with Gasteiger partial charge in [0.15, 0.2) is 5.76 Å². The molecular formula is C14H12N2O5. The molecule has 0 fully saturated rings. The summed E-state index contributed by atoms with van der Waals surface area (Å²) >= 11 is 0. The van der Waals surface area contributed by atoms with Gasteiger partial charge in [0.25, 0.3) is 5.91 Å². The van der Waals surface area contributed by atoms with E-state index in [1.54, 1.807) is 24.3 Å². The van der Waals surface area contributed by atoms with Gasteiger partial charge in [-0.25, -0.2) is 4.79 Å². The summed E-state index contributed by atoms with van der Waals surface area (Å²) in [5.74, 6) is -2.02. The van der Waals surface area contributed by atoms with Crippen molar-refractivity contribution in [2.45, 2.75) is 6.92 Å². The molecule has 7 heteroatoms. The molecule has 0 saturated heterocycles. The number of carbonyl (C=O) groups excluding carboxylic acids is 2. The van der Waals surface area contributed by atoms with Crippen LogP contribution >= 0.6 is 0 Å². The minimum Gasteiger partial charge on any atom is -0.478 e. The van der Waals surface area contributed by atoms with Crippen molar-refractivity contribution in [2.24, 2.45) is 0 Å². The van der Waals surface area contributed by atoms with Crippen molar-refractivity contribution in [3.63, 3.8) is 0 Å². The molecule has 2 aromatic rings. The third-order valence-electron chi connectivity index (χ3n) is 2.53. The van der Waals surface area contributed by atoms with E-state index in [1.807, 2.05) is 0 Å². The molecule has 1 aromatic carbocycles. The van der Waals surface area contributed by atoms with Crippen LogP contribution in [-0.2, 0) is 4.79 Å². The summed E-state index contributed by atoms with van der Waals surface area (Å²) in [5, 5.41) is 13.9. The van der Waals surface area contributed by atoms with Gasteiger partial charge >= 0.3 is 5.97 Å². The van der Waals surface area contributed by atoms with Crippen molar-refractivity contribution in [2.75, 3.05) is 10.6 Å². The fourth-order valence-corrected chi connectivity index (χ4v) is 1.60. The maximum atomic E-state index is 11.8. The minimum absolute atomic E-state index is 0.0962. The van der Waals surface area contributed by atoms with Crippen LogP contribution in [-0.4, -0.2) is 22.9 Å². The number of carbonyl (C=O) groups is 3. The van der Waals surface area contributed by atoms with Crippen molar-refractivity contribution in [1.29, 1.82) is 0 Å². The highest BCUT2D eigenvalue weighted by Gasteiger charge is 2.14. The number of benzene rings is 1. The molecule has 2 amide bonds. The molecule has 0 unspecified atom stereocenters. The monoisotopic (exact) mass is 288 g/mol. The van der Waals surface area contributed by atoms with Crippen molar-refractivity contribution in [3.8, 4) is 0 Å². The van der Waals surface area contributed by atoms with Crippen molar-refractivity contribution < 1.29 is 23.9 Å². The van der Waals surface area contributed by atoms with Crippen LogP contribution in [0.3, 0.4) is 0 Å². The SMILES string of the molecule is CC(=O)Nc1ccc(NC(=O)c2cc(C(=O)O)co2)cc1. The number of nitrogens with one attached hydrogen (secondary N) is 2. The van der Waals surface area contributed by atoms with Gasteiger partial charge in [-0.3, -0.25) is 9.59 Å². The van der Waals surface area contributed by atoms with E-state index in [9.17, 15) is 14.4 Å². The Hall–Kier alpha value is -3.09. The second-order valence-electron chi connectivity index (χ2n) is 4.22. The Balaban J connectivity index is 2.04. The van der Waals surface area contributed by atoms with E-state index in [-0.39, 0.29) is 17.2 Å². The standard InChI is InChI=1S/C14H12N2O5/c1-8(17)15-10-2-4-11(5-3-10)16-13(18)12-6-9(7-21-12)14(19)20/h2-7H,1H3,(H,15,17)(H,16,18)(H,19,20). The fourth-order valence-electron chi connectivity index (χ4n) is 1.60. The molecule has 1 aromatic heterocycles. The summed E-state index contributed by atoms with van der Waals surface area (Å²) in [4.78, 5) is 33.4. The van der Waals surface area contributed by atoms with Gasteiger partial charge in [0, 0.05) is 24.4 Å². The highest BCUT2D eigenvalue weighted by molar-refractivity contribution is 6.03. The van der Waals surface area contributed by atoms with Crippen LogP contribution in [0.1, 0.15) is 27.8 Å². The number of amides is 2. The quantitative estimate of drug-likeness (QED) is 0.799. The minimum atomic E-state index is -1.17. The van der Waals surface area contributed by atoms with Crippen LogP contribution in [0.15, 0.2) is 41.0 Å². The Morgan fingerprint density at radius 3 is 2.10 bits per heavy atom. The molecule has 0 saturated carbocycles. The Morgan fingerprint density at radius 1 is 1.05 bits per heavy atom. The van der Waals surface area contributed by atoms with E-state index in [1.165, 1.54) is 6.92 Å². The second kappa shape index (κ2) is 5.91.